The molecule has 5 heteroatoms. The highest BCUT2D eigenvalue weighted by molar-refractivity contribution is 6.46. The third kappa shape index (κ3) is 4.08. The number of aliphatic hydroxyl groups excluding tert-OH is 1. The number of aromatic hydroxyl groups is 1. The van der Waals surface area contributed by atoms with Gasteiger partial charge in [-0.1, -0.05) is 72.3 Å². The van der Waals surface area contributed by atoms with Crippen molar-refractivity contribution < 1.29 is 19.8 Å². The van der Waals surface area contributed by atoms with Gasteiger partial charge in [-0.2, -0.15) is 0 Å². The van der Waals surface area contributed by atoms with Crippen molar-refractivity contribution >= 4 is 17.4 Å². The van der Waals surface area contributed by atoms with Gasteiger partial charge in [-0.25, -0.2) is 0 Å². The van der Waals surface area contributed by atoms with Crippen LogP contribution in [0.2, 0.25) is 0 Å². The van der Waals surface area contributed by atoms with Gasteiger partial charge in [-0.05, 0) is 36.6 Å². The summed E-state index contributed by atoms with van der Waals surface area (Å²) in [5.41, 5.74) is 3.27. The molecule has 0 saturated carbocycles. The number of carbonyl (C=O) groups is 2. The number of amides is 1. The van der Waals surface area contributed by atoms with Crippen molar-refractivity contribution in [3.8, 4) is 5.75 Å². The van der Waals surface area contributed by atoms with Gasteiger partial charge in [0.25, 0.3) is 11.7 Å². The summed E-state index contributed by atoms with van der Waals surface area (Å²) in [6, 6.07) is 22.5. The lowest BCUT2D eigenvalue weighted by Crippen LogP contribution is -2.31. The van der Waals surface area contributed by atoms with Crippen LogP contribution in [0, 0.1) is 6.92 Å². The van der Waals surface area contributed by atoms with Gasteiger partial charge in [0.1, 0.15) is 11.5 Å². The predicted molar refractivity (Wildman–Crippen MR) is 118 cm³/mol. The highest BCUT2D eigenvalue weighted by atomic mass is 16.3. The van der Waals surface area contributed by atoms with Crippen molar-refractivity contribution in [2.24, 2.45) is 0 Å². The summed E-state index contributed by atoms with van der Waals surface area (Å²) in [6.45, 7) is 2.26. The van der Waals surface area contributed by atoms with E-state index in [1.807, 2.05) is 49.4 Å². The molecule has 0 aromatic heterocycles. The average molecular weight is 413 g/mol. The van der Waals surface area contributed by atoms with Crippen LogP contribution in [0.5, 0.6) is 5.75 Å². The Morgan fingerprint density at radius 3 is 2.19 bits per heavy atom. The smallest absolute Gasteiger partial charge is 0.295 e. The maximum absolute atomic E-state index is 13.0. The minimum atomic E-state index is -0.731. The number of benzene rings is 3. The zero-order valence-electron chi connectivity index (χ0n) is 17.2. The largest absolute Gasteiger partial charge is 0.508 e. The summed E-state index contributed by atoms with van der Waals surface area (Å²) in [5, 5.41) is 20.7. The lowest BCUT2D eigenvalue weighted by Gasteiger charge is -2.25. The lowest BCUT2D eigenvalue weighted by atomic mass is 9.95. The molecular weight excluding hydrogens is 390 g/mol. The number of aryl methyl sites for hydroxylation is 1. The van der Waals surface area contributed by atoms with E-state index < -0.39 is 17.7 Å². The van der Waals surface area contributed by atoms with Gasteiger partial charge in [-0.15, -0.1) is 0 Å². The molecule has 156 valence electrons. The zero-order chi connectivity index (χ0) is 22.0. The van der Waals surface area contributed by atoms with Crippen molar-refractivity contribution in [2.75, 3.05) is 6.54 Å². The summed E-state index contributed by atoms with van der Waals surface area (Å²) >= 11 is 0. The molecule has 1 unspecified atom stereocenters. The molecule has 1 heterocycles. The average Bonchev–Trinajstić information content (AvgIpc) is 3.04. The number of carbonyl (C=O) groups excluding carboxylic acids is 2. The summed E-state index contributed by atoms with van der Waals surface area (Å²) in [5.74, 6) is -1.45. The highest BCUT2D eigenvalue weighted by Gasteiger charge is 2.45. The normalized spacial score (nSPS) is 17.8. The number of aliphatic hydroxyl groups is 1. The van der Waals surface area contributed by atoms with E-state index in [1.165, 1.54) is 17.0 Å². The summed E-state index contributed by atoms with van der Waals surface area (Å²) in [4.78, 5) is 27.5. The van der Waals surface area contributed by atoms with Crippen molar-refractivity contribution in [3.05, 3.63) is 107 Å². The van der Waals surface area contributed by atoms with E-state index in [0.717, 1.165) is 11.1 Å². The quantitative estimate of drug-likeness (QED) is 0.370. The van der Waals surface area contributed by atoms with E-state index in [-0.39, 0.29) is 17.1 Å². The highest BCUT2D eigenvalue weighted by Crippen LogP contribution is 2.39. The molecule has 2 N–H and O–H groups in total. The molecule has 3 aromatic rings. The van der Waals surface area contributed by atoms with Crippen LogP contribution in [-0.4, -0.2) is 33.3 Å². The number of phenols is 1. The van der Waals surface area contributed by atoms with Crippen LogP contribution in [0.4, 0.5) is 0 Å². The Balaban J connectivity index is 1.78. The van der Waals surface area contributed by atoms with E-state index in [0.29, 0.717) is 24.1 Å². The van der Waals surface area contributed by atoms with Gasteiger partial charge in [0.15, 0.2) is 0 Å². The topological polar surface area (TPSA) is 77.8 Å². The third-order valence-corrected chi connectivity index (χ3v) is 5.56. The molecule has 0 radical (unpaired) electrons. The van der Waals surface area contributed by atoms with Crippen LogP contribution in [0.1, 0.15) is 28.3 Å². The van der Waals surface area contributed by atoms with E-state index >= 15 is 0 Å². The number of Topliss-reactive ketones (excluding diaryl/α,β-unsaturated/α-hetero) is 1. The molecule has 1 aliphatic heterocycles. The second-order valence-electron chi connectivity index (χ2n) is 7.69. The van der Waals surface area contributed by atoms with E-state index in [9.17, 15) is 19.8 Å². The molecule has 0 bridgehead atoms. The van der Waals surface area contributed by atoms with Gasteiger partial charge < -0.3 is 15.1 Å². The number of rotatable bonds is 5. The number of nitrogens with zero attached hydrogens (tertiary/aromatic N) is 1. The Hall–Kier alpha value is -3.86. The molecule has 1 amide bonds. The molecule has 4 rings (SSSR count). The number of ketones is 1. The van der Waals surface area contributed by atoms with Crippen LogP contribution in [0.15, 0.2) is 84.4 Å². The van der Waals surface area contributed by atoms with Gasteiger partial charge in [0, 0.05) is 12.1 Å². The van der Waals surface area contributed by atoms with Crippen molar-refractivity contribution in [1.82, 2.24) is 4.90 Å². The minimum Gasteiger partial charge on any atom is -0.508 e. The van der Waals surface area contributed by atoms with Crippen LogP contribution in [0.3, 0.4) is 0 Å². The Morgan fingerprint density at radius 2 is 1.55 bits per heavy atom. The molecule has 1 fully saturated rings. The molecule has 0 aliphatic carbocycles. The zero-order valence-corrected chi connectivity index (χ0v) is 17.2. The first kappa shape index (κ1) is 20.4. The van der Waals surface area contributed by atoms with Crippen molar-refractivity contribution in [1.29, 1.82) is 0 Å². The Morgan fingerprint density at radius 1 is 0.903 bits per heavy atom. The molecule has 5 nitrogen and oxygen atoms in total. The molecular formula is C26H23NO4. The second kappa shape index (κ2) is 8.48. The van der Waals surface area contributed by atoms with Gasteiger partial charge in [0.2, 0.25) is 0 Å². The third-order valence-electron chi connectivity index (χ3n) is 5.56. The molecule has 1 aliphatic rings. The Labute approximate surface area is 180 Å². The molecule has 1 saturated heterocycles. The predicted octanol–water partition coefficient (Wildman–Crippen LogP) is 4.37. The number of hydrogen-bond acceptors (Lipinski definition) is 4. The SMILES string of the molecule is Cc1ccc(/C(O)=C2\C(=O)C(=O)N(CCc3ccccc3)C2c2ccc(O)cc2)cc1. The molecule has 3 aromatic carbocycles. The van der Waals surface area contributed by atoms with Crippen LogP contribution >= 0.6 is 0 Å². The van der Waals surface area contributed by atoms with Crippen LogP contribution in [0.25, 0.3) is 5.76 Å². The first-order valence-electron chi connectivity index (χ1n) is 10.1. The fourth-order valence-corrected chi connectivity index (χ4v) is 3.87. The fourth-order valence-electron chi connectivity index (χ4n) is 3.87. The maximum Gasteiger partial charge on any atom is 0.295 e. The van der Waals surface area contributed by atoms with Gasteiger partial charge in [0.05, 0.1) is 11.6 Å². The maximum atomic E-state index is 13.0. The molecule has 0 spiro atoms. The molecule has 31 heavy (non-hydrogen) atoms. The summed E-state index contributed by atoms with van der Waals surface area (Å²) in [6.07, 6.45) is 0.576. The van der Waals surface area contributed by atoms with Crippen molar-refractivity contribution in [2.45, 2.75) is 19.4 Å². The van der Waals surface area contributed by atoms with E-state index in [1.54, 1.807) is 24.3 Å². The first-order valence-corrected chi connectivity index (χ1v) is 10.1. The summed E-state index contributed by atoms with van der Waals surface area (Å²) < 4.78 is 0. The van der Waals surface area contributed by atoms with Gasteiger partial charge >= 0.3 is 0 Å². The second-order valence-corrected chi connectivity index (χ2v) is 7.69. The van der Waals surface area contributed by atoms with E-state index in [4.69, 9.17) is 0 Å². The monoisotopic (exact) mass is 413 g/mol. The van der Waals surface area contributed by atoms with Crippen LogP contribution in [-0.2, 0) is 16.0 Å². The fraction of sp³-hybridized carbons (Fsp3) is 0.154. The standard InChI is InChI=1S/C26H23NO4/c1-17-7-9-20(10-8-17)24(29)22-23(19-11-13-21(28)14-12-19)27(26(31)25(22)30)16-15-18-5-3-2-4-6-18/h2-14,23,28-29H,15-16H2,1H3/b24-22+. The van der Waals surface area contributed by atoms with Crippen molar-refractivity contribution in [3.63, 3.8) is 0 Å². The summed E-state index contributed by atoms with van der Waals surface area (Å²) in [7, 11) is 0. The van der Waals surface area contributed by atoms with Crippen LogP contribution < -0.4 is 0 Å². The minimum absolute atomic E-state index is 0.0626. The molecule has 1 atom stereocenters. The van der Waals surface area contributed by atoms with E-state index in [2.05, 4.69) is 0 Å². The van der Waals surface area contributed by atoms with Gasteiger partial charge in [-0.3, -0.25) is 9.59 Å². The Kier molecular flexibility index (Phi) is 5.58. The Bertz CT molecular complexity index is 1130. The lowest BCUT2D eigenvalue weighted by molar-refractivity contribution is -0.139. The number of phenolic OH excluding ortho intramolecular Hbond substituents is 1. The first-order chi connectivity index (χ1) is 15.0. The number of likely N-dealkylation sites (tertiary alicyclic amines) is 1. The number of hydrogen-bond donors (Lipinski definition) is 2.